The lowest BCUT2D eigenvalue weighted by molar-refractivity contribution is -0.126. The van der Waals surface area contributed by atoms with Crippen LogP contribution in [0.4, 0.5) is 0 Å². The summed E-state index contributed by atoms with van der Waals surface area (Å²) in [5, 5.41) is 13.0. The van der Waals surface area contributed by atoms with Gasteiger partial charge in [0.2, 0.25) is 5.91 Å². The van der Waals surface area contributed by atoms with Crippen LogP contribution in [-0.2, 0) is 4.79 Å². The number of aliphatic hydroxyl groups is 1. The largest absolute Gasteiger partial charge is 0.493 e. The molecule has 4 rings (SSSR count). The summed E-state index contributed by atoms with van der Waals surface area (Å²) >= 11 is 0. The zero-order chi connectivity index (χ0) is 25.5. The molecule has 0 bridgehead atoms. The highest BCUT2D eigenvalue weighted by Gasteiger charge is 2.34. The molecule has 1 unspecified atom stereocenters. The van der Waals surface area contributed by atoms with Gasteiger partial charge < -0.3 is 29.8 Å². The Labute approximate surface area is 211 Å². The van der Waals surface area contributed by atoms with Gasteiger partial charge >= 0.3 is 0 Å². The summed E-state index contributed by atoms with van der Waals surface area (Å²) < 4.78 is 10.8. The first-order valence-electron chi connectivity index (χ1n) is 12.2. The third-order valence-corrected chi connectivity index (χ3v) is 6.59. The van der Waals surface area contributed by atoms with E-state index in [2.05, 4.69) is 10.3 Å². The van der Waals surface area contributed by atoms with E-state index in [1.165, 1.54) is 12.0 Å². The third kappa shape index (κ3) is 5.54. The maximum absolute atomic E-state index is 13.8. The first-order chi connectivity index (χ1) is 17.5. The topological polar surface area (TPSA) is 104 Å². The zero-order valence-electron chi connectivity index (χ0n) is 20.7. The molecule has 1 aliphatic rings. The molecule has 8 nitrogen and oxygen atoms in total. The van der Waals surface area contributed by atoms with Crippen LogP contribution in [0.3, 0.4) is 0 Å². The number of benzene rings is 2. The first-order valence-corrected chi connectivity index (χ1v) is 12.2. The van der Waals surface area contributed by atoms with Crippen molar-refractivity contribution in [3.8, 4) is 22.8 Å². The number of carbonyl (C=O) groups excluding carboxylic acids is 2. The number of rotatable bonds is 10. The van der Waals surface area contributed by atoms with Crippen LogP contribution in [0.1, 0.15) is 47.8 Å². The molecule has 0 aliphatic heterocycles. The van der Waals surface area contributed by atoms with E-state index in [0.29, 0.717) is 22.8 Å². The van der Waals surface area contributed by atoms with Crippen molar-refractivity contribution < 1.29 is 24.2 Å². The van der Waals surface area contributed by atoms with Gasteiger partial charge in [-0.3, -0.25) is 9.59 Å². The Kier molecular flexibility index (Phi) is 8.28. The number of nitrogens with one attached hydrogen (secondary N) is 2. The van der Waals surface area contributed by atoms with Gasteiger partial charge in [-0.2, -0.15) is 0 Å². The lowest BCUT2D eigenvalue weighted by Crippen LogP contribution is -2.47. The van der Waals surface area contributed by atoms with Crippen LogP contribution in [0.15, 0.2) is 60.7 Å². The lowest BCUT2D eigenvalue weighted by atomic mass is 10.0. The van der Waals surface area contributed by atoms with Crippen LogP contribution in [0.5, 0.6) is 11.5 Å². The molecule has 0 spiro atoms. The average Bonchev–Trinajstić information content (AvgIpc) is 3.61. The highest BCUT2D eigenvalue weighted by atomic mass is 16.5. The van der Waals surface area contributed by atoms with E-state index >= 15 is 0 Å². The molecule has 190 valence electrons. The molecule has 36 heavy (non-hydrogen) atoms. The van der Waals surface area contributed by atoms with Crippen LogP contribution >= 0.6 is 0 Å². The summed E-state index contributed by atoms with van der Waals surface area (Å²) in [6.07, 6.45) is 3.96. The first kappa shape index (κ1) is 25.3. The molecule has 8 heteroatoms. The number of carbonyl (C=O) groups is 2. The van der Waals surface area contributed by atoms with Crippen molar-refractivity contribution in [1.29, 1.82) is 0 Å². The molecule has 0 saturated heterocycles. The predicted molar refractivity (Wildman–Crippen MR) is 137 cm³/mol. The maximum atomic E-state index is 13.8. The van der Waals surface area contributed by atoms with E-state index in [4.69, 9.17) is 9.47 Å². The quantitative estimate of drug-likeness (QED) is 0.399. The van der Waals surface area contributed by atoms with Crippen molar-refractivity contribution in [2.45, 2.75) is 37.8 Å². The number of aromatic nitrogens is 1. The number of hydrogen-bond donors (Lipinski definition) is 3. The molecule has 3 N–H and O–H groups in total. The monoisotopic (exact) mass is 491 g/mol. The number of ether oxygens (including phenoxy) is 2. The average molecular weight is 492 g/mol. The minimum absolute atomic E-state index is 0.0182. The summed E-state index contributed by atoms with van der Waals surface area (Å²) in [4.78, 5) is 32.0. The van der Waals surface area contributed by atoms with Crippen molar-refractivity contribution in [2.24, 2.45) is 0 Å². The Morgan fingerprint density at radius 2 is 1.75 bits per heavy atom. The van der Waals surface area contributed by atoms with Crippen LogP contribution < -0.4 is 14.8 Å². The molecule has 1 saturated carbocycles. The molecule has 2 amide bonds. The van der Waals surface area contributed by atoms with E-state index in [9.17, 15) is 14.7 Å². The number of hydrogen-bond acceptors (Lipinski definition) is 5. The number of nitrogens with zero attached hydrogens (tertiary/aromatic N) is 1. The minimum Gasteiger partial charge on any atom is -0.493 e. The van der Waals surface area contributed by atoms with Crippen molar-refractivity contribution in [1.82, 2.24) is 15.2 Å². The Hall–Kier alpha value is -3.78. The summed E-state index contributed by atoms with van der Waals surface area (Å²) in [5.41, 5.74) is 2.64. The molecule has 0 radical (unpaired) electrons. The van der Waals surface area contributed by atoms with Crippen molar-refractivity contribution in [3.63, 3.8) is 0 Å². The summed E-state index contributed by atoms with van der Waals surface area (Å²) in [6, 6.07) is 17.5. The van der Waals surface area contributed by atoms with E-state index < -0.39 is 6.04 Å². The van der Waals surface area contributed by atoms with E-state index in [0.717, 1.165) is 36.9 Å². The number of H-pyrrole nitrogens is 1. The van der Waals surface area contributed by atoms with Gasteiger partial charge in [-0.05, 0) is 48.2 Å². The predicted octanol–water partition coefficient (Wildman–Crippen LogP) is 3.93. The molecule has 3 aromatic rings. The second-order valence-corrected chi connectivity index (χ2v) is 8.88. The Balaban J connectivity index is 1.71. The van der Waals surface area contributed by atoms with E-state index in [-0.39, 0.29) is 31.0 Å². The van der Waals surface area contributed by atoms with Gasteiger partial charge in [-0.1, -0.05) is 49.2 Å². The minimum atomic E-state index is -0.964. The molecular formula is C28H33N3O5. The van der Waals surface area contributed by atoms with Gasteiger partial charge in [0.05, 0.1) is 20.8 Å². The Morgan fingerprint density at radius 3 is 2.42 bits per heavy atom. The van der Waals surface area contributed by atoms with Crippen LogP contribution in [-0.4, -0.2) is 60.2 Å². The number of methoxy groups -OCH3 is 2. The standard InChI is InChI=1S/C28H33N3O5/c1-35-24-15-12-20(18-25(24)36-2)26(27(33)29-21-10-6-7-11-21)31(16-17-32)28(34)23-14-13-22(30-23)19-8-4-3-5-9-19/h3-5,8-9,12-15,18,21,26,30,32H,6-7,10-11,16-17H2,1-2H3,(H,29,33). The Bertz CT molecular complexity index is 1170. The highest BCUT2D eigenvalue weighted by molar-refractivity contribution is 5.97. The van der Waals surface area contributed by atoms with Crippen molar-refractivity contribution in [2.75, 3.05) is 27.4 Å². The van der Waals surface area contributed by atoms with Crippen molar-refractivity contribution in [3.05, 3.63) is 71.9 Å². The van der Waals surface area contributed by atoms with Crippen LogP contribution in [0.2, 0.25) is 0 Å². The second-order valence-electron chi connectivity index (χ2n) is 8.88. The molecule has 2 aromatic carbocycles. The smallest absolute Gasteiger partial charge is 0.271 e. The number of aromatic amines is 1. The molecule has 1 fully saturated rings. The third-order valence-electron chi connectivity index (χ3n) is 6.59. The number of aliphatic hydroxyl groups excluding tert-OH is 1. The maximum Gasteiger partial charge on any atom is 0.271 e. The molecular weight excluding hydrogens is 458 g/mol. The van der Waals surface area contributed by atoms with E-state index in [1.807, 2.05) is 36.4 Å². The highest BCUT2D eigenvalue weighted by Crippen LogP contribution is 2.33. The van der Waals surface area contributed by atoms with Crippen LogP contribution in [0.25, 0.3) is 11.3 Å². The van der Waals surface area contributed by atoms with Gasteiger partial charge in [-0.15, -0.1) is 0 Å². The molecule has 1 aromatic heterocycles. The van der Waals surface area contributed by atoms with Gasteiger partial charge in [-0.25, -0.2) is 0 Å². The summed E-state index contributed by atoms with van der Waals surface area (Å²) in [6.45, 7) is -0.311. The van der Waals surface area contributed by atoms with E-state index in [1.54, 1.807) is 31.4 Å². The van der Waals surface area contributed by atoms with Gasteiger partial charge in [0.25, 0.3) is 5.91 Å². The fourth-order valence-electron chi connectivity index (χ4n) is 4.76. The SMILES string of the molecule is COc1ccc(C(C(=O)NC2CCCC2)N(CCO)C(=O)c2ccc(-c3ccccc3)[nH]2)cc1OC. The summed E-state index contributed by atoms with van der Waals surface area (Å²) in [5.74, 6) is 0.308. The van der Waals surface area contributed by atoms with Gasteiger partial charge in [0, 0.05) is 18.3 Å². The Morgan fingerprint density at radius 1 is 1.03 bits per heavy atom. The summed E-state index contributed by atoms with van der Waals surface area (Å²) in [7, 11) is 3.06. The van der Waals surface area contributed by atoms with Gasteiger partial charge in [0.15, 0.2) is 11.5 Å². The zero-order valence-corrected chi connectivity index (χ0v) is 20.7. The van der Waals surface area contributed by atoms with Crippen molar-refractivity contribution >= 4 is 11.8 Å². The van der Waals surface area contributed by atoms with Crippen LogP contribution in [0, 0.1) is 0 Å². The fraction of sp³-hybridized carbons (Fsp3) is 0.357. The van der Waals surface area contributed by atoms with Gasteiger partial charge in [0.1, 0.15) is 11.7 Å². The normalized spacial score (nSPS) is 14.3. The second kappa shape index (κ2) is 11.8. The molecule has 1 atom stereocenters. The fourth-order valence-corrected chi connectivity index (χ4v) is 4.76. The lowest BCUT2D eigenvalue weighted by Gasteiger charge is -2.32. The molecule has 1 aliphatic carbocycles. The molecule has 1 heterocycles. The number of amides is 2.